The summed E-state index contributed by atoms with van der Waals surface area (Å²) in [4.78, 5) is 41.4. The predicted molar refractivity (Wildman–Crippen MR) is 113 cm³/mol. The number of morpholine rings is 1. The van der Waals surface area contributed by atoms with Crippen LogP contribution in [0.4, 0.5) is 11.4 Å². The number of amides is 1. The van der Waals surface area contributed by atoms with Crippen molar-refractivity contribution in [3.63, 3.8) is 0 Å². The first-order valence-corrected chi connectivity index (χ1v) is 9.80. The SMILES string of the molecule is O=C(c1ncc(Nc2ccc(-c3cc[nH]c(=O)c3)n3ccnc23)cn1)N1CCOCC1. The maximum atomic E-state index is 12.5. The Labute approximate surface area is 176 Å². The highest BCUT2D eigenvalue weighted by atomic mass is 16.5. The molecular weight excluding hydrogens is 398 g/mol. The molecule has 4 aromatic rings. The summed E-state index contributed by atoms with van der Waals surface area (Å²) in [7, 11) is 0. The Bertz CT molecular complexity index is 1290. The summed E-state index contributed by atoms with van der Waals surface area (Å²) < 4.78 is 7.17. The molecule has 10 heteroatoms. The molecule has 0 unspecified atom stereocenters. The molecule has 31 heavy (non-hydrogen) atoms. The van der Waals surface area contributed by atoms with E-state index in [1.807, 2.05) is 28.8 Å². The molecule has 1 fully saturated rings. The average molecular weight is 417 g/mol. The number of ether oxygens (including phenoxy) is 1. The van der Waals surface area contributed by atoms with E-state index in [1.54, 1.807) is 35.8 Å². The predicted octanol–water partition coefficient (Wildman–Crippen LogP) is 1.70. The molecule has 0 aliphatic carbocycles. The number of pyridine rings is 2. The summed E-state index contributed by atoms with van der Waals surface area (Å²) >= 11 is 0. The van der Waals surface area contributed by atoms with Gasteiger partial charge in [0.25, 0.3) is 5.91 Å². The lowest BCUT2D eigenvalue weighted by Gasteiger charge is -2.26. The van der Waals surface area contributed by atoms with Gasteiger partial charge in [0.2, 0.25) is 11.4 Å². The van der Waals surface area contributed by atoms with Crippen molar-refractivity contribution >= 4 is 22.9 Å². The lowest BCUT2D eigenvalue weighted by Crippen LogP contribution is -2.41. The Morgan fingerprint density at radius 2 is 1.90 bits per heavy atom. The third-order valence-corrected chi connectivity index (χ3v) is 5.04. The van der Waals surface area contributed by atoms with Crippen molar-refractivity contribution in [2.24, 2.45) is 0 Å². The smallest absolute Gasteiger partial charge is 0.291 e. The van der Waals surface area contributed by atoms with E-state index in [0.717, 1.165) is 16.9 Å². The number of fused-ring (bicyclic) bond motifs is 1. The fourth-order valence-electron chi connectivity index (χ4n) is 3.52. The second-order valence-corrected chi connectivity index (χ2v) is 7.02. The highest BCUT2D eigenvalue weighted by Crippen LogP contribution is 2.26. The van der Waals surface area contributed by atoms with Crippen molar-refractivity contribution in [3.8, 4) is 11.3 Å². The number of imidazole rings is 1. The molecule has 0 bridgehead atoms. The third kappa shape index (κ3) is 3.76. The molecule has 0 spiro atoms. The molecule has 0 saturated carbocycles. The van der Waals surface area contributed by atoms with Crippen LogP contribution in [0.5, 0.6) is 0 Å². The van der Waals surface area contributed by atoms with E-state index in [0.29, 0.717) is 37.6 Å². The van der Waals surface area contributed by atoms with Gasteiger partial charge >= 0.3 is 0 Å². The number of nitrogens with zero attached hydrogens (tertiary/aromatic N) is 5. The molecule has 4 aromatic heterocycles. The van der Waals surface area contributed by atoms with Gasteiger partial charge in [-0.25, -0.2) is 15.0 Å². The summed E-state index contributed by atoms with van der Waals surface area (Å²) in [5.74, 6) is -0.0456. The fraction of sp³-hybridized carbons (Fsp3) is 0.190. The van der Waals surface area contributed by atoms with Crippen LogP contribution in [0, 0.1) is 0 Å². The number of nitrogens with one attached hydrogen (secondary N) is 2. The quantitative estimate of drug-likeness (QED) is 0.519. The Hall–Kier alpha value is -4.05. The van der Waals surface area contributed by atoms with Crippen LogP contribution in [-0.4, -0.2) is 61.4 Å². The van der Waals surface area contributed by atoms with Crippen LogP contribution in [0.3, 0.4) is 0 Å². The lowest BCUT2D eigenvalue weighted by molar-refractivity contribution is 0.0295. The number of hydrogen-bond donors (Lipinski definition) is 2. The Morgan fingerprint density at radius 3 is 2.68 bits per heavy atom. The first kappa shape index (κ1) is 18.9. The normalized spacial score (nSPS) is 14.0. The number of H-pyrrole nitrogens is 1. The monoisotopic (exact) mass is 417 g/mol. The minimum absolute atomic E-state index is 0.156. The fourth-order valence-corrected chi connectivity index (χ4v) is 3.52. The molecule has 1 aliphatic rings. The zero-order chi connectivity index (χ0) is 21.2. The van der Waals surface area contributed by atoms with Crippen molar-refractivity contribution in [1.82, 2.24) is 29.2 Å². The van der Waals surface area contributed by atoms with Crippen molar-refractivity contribution in [2.75, 3.05) is 31.6 Å². The number of aromatic nitrogens is 5. The van der Waals surface area contributed by atoms with Gasteiger partial charge in [0.15, 0.2) is 5.65 Å². The van der Waals surface area contributed by atoms with Crippen LogP contribution in [0.1, 0.15) is 10.6 Å². The molecular formula is C21H19N7O3. The maximum Gasteiger partial charge on any atom is 0.291 e. The van der Waals surface area contributed by atoms with Gasteiger partial charge in [0.1, 0.15) is 0 Å². The molecule has 5 rings (SSSR count). The summed E-state index contributed by atoms with van der Waals surface area (Å²) in [6.45, 7) is 2.14. The number of carbonyl (C=O) groups is 1. The zero-order valence-electron chi connectivity index (χ0n) is 16.5. The van der Waals surface area contributed by atoms with Crippen LogP contribution in [0.25, 0.3) is 16.9 Å². The van der Waals surface area contributed by atoms with Gasteiger partial charge in [-0.1, -0.05) is 0 Å². The van der Waals surface area contributed by atoms with Crippen molar-refractivity contribution < 1.29 is 9.53 Å². The first-order chi connectivity index (χ1) is 15.2. The number of aromatic amines is 1. The van der Waals surface area contributed by atoms with Crippen LogP contribution >= 0.6 is 0 Å². The molecule has 5 heterocycles. The molecule has 1 aliphatic heterocycles. The van der Waals surface area contributed by atoms with E-state index >= 15 is 0 Å². The van der Waals surface area contributed by atoms with E-state index < -0.39 is 0 Å². The van der Waals surface area contributed by atoms with E-state index in [1.165, 1.54) is 0 Å². The number of carbonyl (C=O) groups excluding carboxylic acids is 1. The maximum absolute atomic E-state index is 12.5. The number of anilines is 2. The van der Waals surface area contributed by atoms with Gasteiger partial charge in [-0.05, 0) is 18.2 Å². The van der Waals surface area contributed by atoms with Crippen LogP contribution in [0.15, 0.2) is 60.0 Å². The molecule has 1 amide bonds. The van der Waals surface area contributed by atoms with E-state index in [9.17, 15) is 9.59 Å². The Balaban J connectivity index is 1.40. The number of rotatable bonds is 4. The molecule has 0 atom stereocenters. The summed E-state index contributed by atoms with van der Waals surface area (Å²) in [6.07, 6.45) is 8.29. The minimum Gasteiger partial charge on any atom is -0.378 e. The van der Waals surface area contributed by atoms with E-state index in [2.05, 4.69) is 25.3 Å². The molecule has 2 N–H and O–H groups in total. The van der Waals surface area contributed by atoms with Gasteiger partial charge in [-0.2, -0.15) is 0 Å². The van der Waals surface area contributed by atoms with Gasteiger partial charge in [-0.15, -0.1) is 0 Å². The van der Waals surface area contributed by atoms with Gasteiger partial charge in [-0.3, -0.25) is 14.0 Å². The largest absolute Gasteiger partial charge is 0.378 e. The lowest BCUT2D eigenvalue weighted by atomic mass is 10.1. The van der Waals surface area contributed by atoms with Gasteiger partial charge in [0.05, 0.1) is 42.7 Å². The van der Waals surface area contributed by atoms with Crippen molar-refractivity contribution in [1.29, 1.82) is 0 Å². The van der Waals surface area contributed by atoms with Crippen LogP contribution in [0.2, 0.25) is 0 Å². The van der Waals surface area contributed by atoms with E-state index in [-0.39, 0.29) is 17.3 Å². The summed E-state index contributed by atoms with van der Waals surface area (Å²) in [5, 5.41) is 3.25. The summed E-state index contributed by atoms with van der Waals surface area (Å²) in [6, 6.07) is 7.16. The van der Waals surface area contributed by atoms with Gasteiger partial charge in [0, 0.05) is 43.3 Å². The zero-order valence-corrected chi connectivity index (χ0v) is 16.5. The Morgan fingerprint density at radius 1 is 1.10 bits per heavy atom. The molecule has 156 valence electrons. The van der Waals surface area contributed by atoms with Crippen molar-refractivity contribution in [2.45, 2.75) is 0 Å². The van der Waals surface area contributed by atoms with E-state index in [4.69, 9.17) is 4.74 Å². The van der Waals surface area contributed by atoms with Crippen molar-refractivity contribution in [3.05, 3.63) is 71.4 Å². The average Bonchev–Trinajstić information content (AvgIpc) is 3.30. The first-order valence-electron chi connectivity index (χ1n) is 9.80. The highest BCUT2D eigenvalue weighted by Gasteiger charge is 2.20. The highest BCUT2D eigenvalue weighted by molar-refractivity contribution is 5.90. The van der Waals surface area contributed by atoms with Gasteiger partial charge < -0.3 is 19.9 Å². The third-order valence-electron chi connectivity index (χ3n) is 5.04. The number of hydrogen-bond acceptors (Lipinski definition) is 7. The van der Waals surface area contributed by atoms with Crippen LogP contribution < -0.4 is 10.9 Å². The molecule has 0 radical (unpaired) electrons. The topological polar surface area (TPSA) is 118 Å². The Kier molecular flexibility index (Phi) is 4.89. The standard InChI is InChI=1S/C21H19N7O3/c29-18-11-14(3-4-22-18)17-2-1-16(20-23-5-6-28(17)20)26-15-12-24-19(25-13-15)21(30)27-7-9-31-10-8-27/h1-6,11-13,26H,7-10H2,(H,22,29). The molecule has 0 aromatic carbocycles. The molecule has 10 nitrogen and oxygen atoms in total. The second kappa shape index (κ2) is 8.00. The summed E-state index contributed by atoms with van der Waals surface area (Å²) in [5.41, 5.74) is 3.52. The van der Waals surface area contributed by atoms with Crippen LogP contribution in [-0.2, 0) is 4.74 Å². The molecule has 1 saturated heterocycles. The minimum atomic E-state index is -0.201. The second-order valence-electron chi connectivity index (χ2n) is 7.02.